The second kappa shape index (κ2) is 6.23. The van der Waals surface area contributed by atoms with Gasteiger partial charge < -0.3 is 5.32 Å². The summed E-state index contributed by atoms with van der Waals surface area (Å²) in [4.78, 5) is 0. The van der Waals surface area contributed by atoms with Crippen LogP contribution in [0.25, 0.3) is 11.1 Å². The molecule has 0 spiro atoms. The van der Waals surface area contributed by atoms with E-state index in [1.54, 1.807) is 0 Å². The first-order valence-electron chi connectivity index (χ1n) is 7.27. The Bertz CT molecular complexity index is 526. The van der Waals surface area contributed by atoms with Crippen molar-refractivity contribution >= 4 is 0 Å². The fourth-order valence-electron chi connectivity index (χ4n) is 2.20. The van der Waals surface area contributed by atoms with E-state index in [-0.39, 0.29) is 5.41 Å². The molecule has 0 aliphatic heterocycles. The summed E-state index contributed by atoms with van der Waals surface area (Å²) in [5.74, 6) is 0. The average Bonchev–Trinajstić information content (AvgIpc) is 2.85. The maximum atomic E-state index is 4.49. The Morgan fingerprint density at radius 3 is 2.50 bits per heavy atom. The Morgan fingerprint density at radius 1 is 1.15 bits per heavy atom. The van der Waals surface area contributed by atoms with Crippen LogP contribution in [0, 0.1) is 5.41 Å². The van der Waals surface area contributed by atoms with Crippen LogP contribution in [-0.4, -0.2) is 22.4 Å². The largest absolute Gasteiger partial charge is 0.314 e. The molecule has 0 amide bonds. The Hall–Kier alpha value is -1.61. The molecule has 0 saturated heterocycles. The van der Waals surface area contributed by atoms with Gasteiger partial charge in [-0.05, 0) is 11.0 Å². The van der Waals surface area contributed by atoms with Crippen LogP contribution in [0.1, 0.15) is 27.7 Å². The molecular formula is C17H25N3. The predicted molar refractivity (Wildman–Crippen MR) is 84.6 cm³/mol. The molecule has 1 N–H and O–H groups in total. The molecule has 108 valence electrons. The van der Waals surface area contributed by atoms with Gasteiger partial charge in [-0.1, -0.05) is 58.0 Å². The molecule has 1 aromatic heterocycles. The van der Waals surface area contributed by atoms with Gasteiger partial charge in [0.15, 0.2) is 0 Å². The Morgan fingerprint density at radius 2 is 1.85 bits per heavy atom. The van der Waals surface area contributed by atoms with Gasteiger partial charge in [0.1, 0.15) is 0 Å². The molecule has 0 atom stereocenters. The minimum atomic E-state index is 0.185. The van der Waals surface area contributed by atoms with Crippen LogP contribution in [0.5, 0.6) is 0 Å². The first-order valence-corrected chi connectivity index (χ1v) is 7.27. The van der Waals surface area contributed by atoms with Crippen molar-refractivity contribution in [2.24, 2.45) is 5.41 Å². The molecule has 2 rings (SSSR count). The molecule has 2 aromatic rings. The summed E-state index contributed by atoms with van der Waals surface area (Å²) in [6, 6.07) is 10.9. The van der Waals surface area contributed by atoms with Gasteiger partial charge in [-0.15, -0.1) is 0 Å². The highest BCUT2D eigenvalue weighted by molar-refractivity contribution is 5.61. The summed E-state index contributed by atoms with van der Waals surface area (Å²) in [5, 5.41) is 8.00. The molecule has 0 saturated carbocycles. The number of rotatable bonds is 6. The lowest BCUT2D eigenvalue weighted by molar-refractivity contribution is 0.269. The highest BCUT2D eigenvalue weighted by Crippen LogP contribution is 2.21. The van der Waals surface area contributed by atoms with Crippen molar-refractivity contribution in [1.82, 2.24) is 15.1 Å². The summed E-state index contributed by atoms with van der Waals surface area (Å²) in [7, 11) is 0. The molecule has 0 fully saturated rings. The van der Waals surface area contributed by atoms with Crippen LogP contribution in [0.3, 0.4) is 0 Å². The SMILES string of the molecule is CC(C)NCC(C)(C)Cn1cc(-c2ccccc2)cn1. The van der Waals surface area contributed by atoms with Crippen molar-refractivity contribution in [2.45, 2.75) is 40.3 Å². The number of benzene rings is 1. The van der Waals surface area contributed by atoms with Crippen LogP contribution in [0.15, 0.2) is 42.7 Å². The van der Waals surface area contributed by atoms with Crippen molar-refractivity contribution in [3.05, 3.63) is 42.7 Å². The molecule has 1 heterocycles. The van der Waals surface area contributed by atoms with Gasteiger partial charge in [-0.3, -0.25) is 4.68 Å². The summed E-state index contributed by atoms with van der Waals surface area (Å²) in [6.07, 6.45) is 4.08. The number of nitrogens with one attached hydrogen (secondary N) is 1. The lowest BCUT2D eigenvalue weighted by Gasteiger charge is -2.26. The van der Waals surface area contributed by atoms with Crippen molar-refractivity contribution in [3.8, 4) is 11.1 Å². The molecule has 1 aromatic carbocycles. The van der Waals surface area contributed by atoms with E-state index in [4.69, 9.17) is 0 Å². The number of nitrogens with zero attached hydrogens (tertiary/aromatic N) is 2. The van der Waals surface area contributed by atoms with Crippen molar-refractivity contribution < 1.29 is 0 Å². The number of aromatic nitrogens is 2. The number of hydrogen-bond donors (Lipinski definition) is 1. The molecule has 0 aliphatic carbocycles. The minimum absolute atomic E-state index is 0.185. The van der Waals surface area contributed by atoms with Crippen LogP contribution in [0.2, 0.25) is 0 Å². The van der Waals surface area contributed by atoms with Gasteiger partial charge in [0.2, 0.25) is 0 Å². The fraction of sp³-hybridized carbons (Fsp3) is 0.471. The topological polar surface area (TPSA) is 29.9 Å². The molecule has 0 unspecified atom stereocenters. The highest BCUT2D eigenvalue weighted by atomic mass is 15.3. The standard InChI is InChI=1S/C17H25N3/c1-14(2)18-12-17(3,4)13-20-11-16(10-19-20)15-8-6-5-7-9-15/h5-11,14,18H,12-13H2,1-4H3. The third-order valence-electron chi connectivity index (χ3n) is 3.32. The lowest BCUT2D eigenvalue weighted by atomic mass is 9.93. The monoisotopic (exact) mass is 271 g/mol. The minimum Gasteiger partial charge on any atom is -0.314 e. The molecular weight excluding hydrogens is 246 g/mol. The first-order chi connectivity index (χ1) is 9.46. The summed E-state index contributed by atoms with van der Waals surface area (Å²) >= 11 is 0. The molecule has 3 heteroatoms. The van der Waals surface area contributed by atoms with Gasteiger partial charge in [0.05, 0.1) is 6.20 Å². The maximum absolute atomic E-state index is 4.49. The van der Waals surface area contributed by atoms with E-state index in [9.17, 15) is 0 Å². The fourth-order valence-corrected chi connectivity index (χ4v) is 2.20. The average molecular weight is 271 g/mol. The van der Waals surface area contributed by atoms with Crippen LogP contribution in [0.4, 0.5) is 0 Å². The van der Waals surface area contributed by atoms with E-state index in [1.807, 2.05) is 16.9 Å². The lowest BCUT2D eigenvalue weighted by Crippen LogP contribution is -2.36. The first kappa shape index (κ1) is 14.8. The Labute approximate surface area is 122 Å². The van der Waals surface area contributed by atoms with E-state index in [1.165, 1.54) is 11.1 Å². The Kier molecular flexibility index (Phi) is 4.61. The van der Waals surface area contributed by atoms with Crippen LogP contribution < -0.4 is 5.32 Å². The molecule has 3 nitrogen and oxygen atoms in total. The molecule has 0 radical (unpaired) electrons. The van der Waals surface area contributed by atoms with E-state index in [0.717, 1.165) is 13.1 Å². The highest BCUT2D eigenvalue weighted by Gasteiger charge is 2.19. The second-order valence-electron chi connectivity index (χ2n) is 6.49. The van der Waals surface area contributed by atoms with Gasteiger partial charge in [0, 0.05) is 30.9 Å². The van der Waals surface area contributed by atoms with E-state index >= 15 is 0 Å². The van der Waals surface area contributed by atoms with Crippen LogP contribution >= 0.6 is 0 Å². The zero-order chi connectivity index (χ0) is 14.6. The van der Waals surface area contributed by atoms with E-state index < -0.39 is 0 Å². The third-order valence-corrected chi connectivity index (χ3v) is 3.32. The smallest absolute Gasteiger partial charge is 0.0568 e. The normalized spacial score (nSPS) is 12.1. The van der Waals surface area contributed by atoms with Crippen molar-refractivity contribution in [3.63, 3.8) is 0 Å². The molecule has 0 bridgehead atoms. The summed E-state index contributed by atoms with van der Waals surface area (Å²) < 4.78 is 2.05. The zero-order valence-electron chi connectivity index (χ0n) is 12.9. The molecule has 20 heavy (non-hydrogen) atoms. The van der Waals surface area contributed by atoms with E-state index in [2.05, 4.69) is 68.6 Å². The van der Waals surface area contributed by atoms with Crippen molar-refractivity contribution in [2.75, 3.05) is 6.54 Å². The predicted octanol–water partition coefficient (Wildman–Crippen LogP) is 3.57. The summed E-state index contributed by atoms with van der Waals surface area (Å²) in [6.45, 7) is 10.8. The number of hydrogen-bond acceptors (Lipinski definition) is 2. The Balaban J connectivity index is 2.02. The maximum Gasteiger partial charge on any atom is 0.0568 e. The van der Waals surface area contributed by atoms with Gasteiger partial charge >= 0.3 is 0 Å². The van der Waals surface area contributed by atoms with Gasteiger partial charge in [-0.2, -0.15) is 5.10 Å². The molecule has 0 aliphatic rings. The van der Waals surface area contributed by atoms with Gasteiger partial charge in [-0.25, -0.2) is 0 Å². The second-order valence-corrected chi connectivity index (χ2v) is 6.49. The third kappa shape index (κ3) is 4.20. The van der Waals surface area contributed by atoms with Gasteiger partial charge in [0.25, 0.3) is 0 Å². The summed E-state index contributed by atoms with van der Waals surface area (Å²) in [5.41, 5.74) is 2.58. The quantitative estimate of drug-likeness (QED) is 0.870. The van der Waals surface area contributed by atoms with Crippen molar-refractivity contribution in [1.29, 1.82) is 0 Å². The van der Waals surface area contributed by atoms with E-state index in [0.29, 0.717) is 6.04 Å². The zero-order valence-corrected chi connectivity index (χ0v) is 12.9. The van der Waals surface area contributed by atoms with Crippen LogP contribution in [-0.2, 0) is 6.54 Å².